The van der Waals surface area contributed by atoms with Crippen molar-refractivity contribution in [2.75, 3.05) is 21.1 Å². The van der Waals surface area contributed by atoms with Crippen molar-refractivity contribution < 1.29 is 31.1 Å². The third-order valence-electron chi connectivity index (χ3n) is 6.69. The smallest absolute Gasteiger partial charge is 0.283 e. The summed E-state index contributed by atoms with van der Waals surface area (Å²) in [5.41, 5.74) is -0.154. The number of carbonyl (C=O) groups excluding carboxylic acids is 1. The van der Waals surface area contributed by atoms with E-state index in [0.29, 0.717) is 5.56 Å². The summed E-state index contributed by atoms with van der Waals surface area (Å²) in [6.45, 7) is 5.30. The van der Waals surface area contributed by atoms with Gasteiger partial charge in [-0.2, -0.15) is 29.8 Å². The Morgan fingerprint density at radius 2 is 1.69 bits per heavy atom. The monoisotopic (exact) mass is 578 g/mol. The van der Waals surface area contributed by atoms with Gasteiger partial charge >= 0.3 is 0 Å². The summed E-state index contributed by atoms with van der Waals surface area (Å²) in [5, 5.41) is 11.4. The molecule has 39 heavy (non-hydrogen) atoms. The number of nitrogens with zero attached hydrogens (tertiary/aromatic N) is 4. The fraction of sp³-hybridized carbons (Fsp3) is 0.385. The van der Waals surface area contributed by atoms with Crippen molar-refractivity contribution in [3.8, 4) is 0 Å². The van der Waals surface area contributed by atoms with Crippen molar-refractivity contribution in [3.63, 3.8) is 0 Å². The molecule has 0 aliphatic carbocycles. The molecule has 0 radical (unpaired) electrons. The number of hydrogen-bond acceptors (Lipinski definition) is 6. The molecule has 0 unspecified atom stereocenters. The van der Waals surface area contributed by atoms with E-state index in [4.69, 9.17) is 0 Å². The summed E-state index contributed by atoms with van der Waals surface area (Å²) in [6, 6.07) is 9.33. The van der Waals surface area contributed by atoms with E-state index in [2.05, 4.69) is 4.40 Å². The van der Waals surface area contributed by atoms with Gasteiger partial charge in [0.25, 0.3) is 26.1 Å². The number of benzene rings is 2. The van der Waals surface area contributed by atoms with Crippen LogP contribution in [0.3, 0.4) is 0 Å². The lowest BCUT2D eigenvalue weighted by molar-refractivity contribution is -0.129. The summed E-state index contributed by atoms with van der Waals surface area (Å²) < 4.78 is 71.0. The zero-order chi connectivity index (χ0) is 29.1. The molecule has 2 aliphatic heterocycles. The molecule has 10 nitrogen and oxygen atoms in total. The lowest BCUT2D eigenvalue weighted by Crippen LogP contribution is -2.43. The molecule has 13 heteroatoms. The number of fused-ring (bicyclic) bond motifs is 1. The fourth-order valence-electron chi connectivity index (χ4n) is 4.90. The largest absolute Gasteiger partial charge is 0.509 e. The lowest BCUT2D eigenvalue weighted by Gasteiger charge is -2.35. The van der Waals surface area contributed by atoms with Crippen LogP contribution < -0.4 is 0 Å². The first-order chi connectivity index (χ1) is 18.0. The minimum atomic E-state index is -4.32. The Balaban J connectivity index is 1.80. The van der Waals surface area contributed by atoms with E-state index >= 15 is 0 Å². The van der Waals surface area contributed by atoms with Crippen LogP contribution in [0.1, 0.15) is 37.5 Å². The predicted molar refractivity (Wildman–Crippen MR) is 144 cm³/mol. The molecule has 0 spiro atoms. The summed E-state index contributed by atoms with van der Waals surface area (Å²) >= 11 is 0. The number of carbonyl (C=O) groups is 1. The first kappa shape index (κ1) is 28.9. The first-order valence-electron chi connectivity index (χ1n) is 12.1. The molecule has 0 fully saturated rings. The van der Waals surface area contributed by atoms with E-state index in [1.165, 1.54) is 62.4 Å². The van der Waals surface area contributed by atoms with Crippen molar-refractivity contribution >= 4 is 31.9 Å². The Hall–Kier alpha value is -3.13. The number of halogens is 1. The predicted octanol–water partition coefficient (Wildman–Crippen LogP) is 2.82. The van der Waals surface area contributed by atoms with E-state index in [0.717, 1.165) is 8.61 Å². The highest BCUT2D eigenvalue weighted by molar-refractivity contribution is 7.91. The minimum absolute atomic E-state index is 0.0503. The van der Waals surface area contributed by atoms with Crippen molar-refractivity contribution in [1.29, 1.82) is 0 Å². The number of aliphatic hydroxyl groups excluding tert-OH is 1. The Morgan fingerprint density at radius 1 is 1.08 bits per heavy atom. The van der Waals surface area contributed by atoms with E-state index < -0.39 is 43.4 Å². The van der Waals surface area contributed by atoms with Gasteiger partial charge in [0.1, 0.15) is 27.8 Å². The minimum Gasteiger partial charge on any atom is -0.509 e. The highest BCUT2D eigenvalue weighted by Gasteiger charge is 2.49. The highest BCUT2D eigenvalue weighted by Crippen LogP contribution is 2.41. The van der Waals surface area contributed by atoms with Crippen molar-refractivity contribution in [2.45, 2.75) is 44.8 Å². The third kappa shape index (κ3) is 5.11. The Bertz CT molecular complexity index is 1610. The maximum absolute atomic E-state index is 13.8. The standard InChI is InChI=1S/C26H31FN4O6S2/c1-26(2,3)24-22(32)20(25(33)31(24)14-16-10-12-18(27)13-11-16)21-19-9-7-8-17(23(19)38(34,35)28-21)15-30(6)39(36,37)29(4)5/h7-13,24,32H,14-15H2,1-6H3/t24-/m1/s1. The quantitative estimate of drug-likeness (QED) is 0.538. The van der Waals surface area contributed by atoms with Crippen LogP contribution in [0.4, 0.5) is 4.39 Å². The highest BCUT2D eigenvalue weighted by atomic mass is 32.2. The van der Waals surface area contributed by atoms with Gasteiger partial charge in [0.05, 0.1) is 6.04 Å². The van der Waals surface area contributed by atoms with Crippen LogP contribution in [-0.4, -0.2) is 74.3 Å². The van der Waals surface area contributed by atoms with E-state index in [1.807, 2.05) is 20.8 Å². The number of rotatable bonds is 7. The Morgan fingerprint density at radius 3 is 2.26 bits per heavy atom. The normalized spacial score (nSPS) is 19.3. The van der Waals surface area contributed by atoms with Gasteiger partial charge in [-0.3, -0.25) is 4.79 Å². The summed E-state index contributed by atoms with van der Waals surface area (Å²) in [4.78, 5) is 15.0. The van der Waals surface area contributed by atoms with Crippen molar-refractivity contribution in [3.05, 3.63) is 76.3 Å². The lowest BCUT2D eigenvalue weighted by atomic mass is 9.84. The number of aliphatic hydroxyl groups is 1. The average Bonchev–Trinajstić information content (AvgIpc) is 3.24. The topological polar surface area (TPSA) is 128 Å². The summed E-state index contributed by atoms with van der Waals surface area (Å²) in [7, 11) is -4.10. The maximum atomic E-state index is 13.8. The van der Waals surface area contributed by atoms with Gasteiger partial charge in [-0.05, 0) is 28.7 Å². The summed E-state index contributed by atoms with van der Waals surface area (Å²) in [5.74, 6) is -1.35. The second-order valence-corrected chi connectivity index (χ2v) is 14.6. The van der Waals surface area contributed by atoms with Gasteiger partial charge in [0, 0.05) is 39.8 Å². The average molecular weight is 579 g/mol. The van der Waals surface area contributed by atoms with Gasteiger partial charge in [0.2, 0.25) is 0 Å². The molecule has 0 saturated carbocycles. The van der Waals surface area contributed by atoms with Crippen molar-refractivity contribution in [2.24, 2.45) is 9.81 Å². The Kier molecular flexibility index (Phi) is 7.26. The van der Waals surface area contributed by atoms with Gasteiger partial charge in [0.15, 0.2) is 0 Å². The van der Waals surface area contributed by atoms with Crippen molar-refractivity contribution in [1.82, 2.24) is 13.5 Å². The Labute approximate surface area is 228 Å². The van der Waals surface area contributed by atoms with Gasteiger partial charge in [-0.25, -0.2) is 4.39 Å². The van der Waals surface area contributed by atoms with Crippen LogP contribution in [0.5, 0.6) is 0 Å². The molecule has 4 rings (SSSR count). The molecule has 0 bridgehead atoms. The first-order valence-corrected chi connectivity index (χ1v) is 14.9. The van der Waals surface area contributed by atoms with Crippen LogP contribution in [0.25, 0.3) is 0 Å². The second kappa shape index (κ2) is 9.81. The van der Waals surface area contributed by atoms with E-state index in [1.54, 1.807) is 6.07 Å². The maximum Gasteiger partial charge on any atom is 0.283 e. The molecule has 0 saturated heterocycles. The van der Waals surface area contributed by atoms with E-state index in [-0.39, 0.29) is 46.2 Å². The van der Waals surface area contributed by atoms with Crippen LogP contribution in [-0.2, 0) is 38.1 Å². The molecular weight excluding hydrogens is 547 g/mol. The third-order valence-corrected chi connectivity index (χ3v) is 9.95. The molecule has 1 N–H and O–H groups in total. The molecule has 2 heterocycles. The molecule has 1 atom stereocenters. The van der Waals surface area contributed by atoms with Gasteiger partial charge in [-0.1, -0.05) is 51.1 Å². The molecule has 2 aliphatic rings. The van der Waals surface area contributed by atoms with Crippen LogP contribution in [0.2, 0.25) is 0 Å². The van der Waals surface area contributed by atoms with Gasteiger partial charge < -0.3 is 10.0 Å². The molecule has 210 valence electrons. The van der Waals surface area contributed by atoms with Gasteiger partial charge in [-0.15, -0.1) is 0 Å². The fourth-order valence-corrected chi connectivity index (χ4v) is 7.19. The SMILES string of the molecule is CN(C)S(=O)(=O)N(C)Cc1cccc2c1S(=O)(=O)N=C2C1=C(O)[C@H](C(C)(C)C)N(Cc2ccc(F)cc2)C1=O. The van der Waals surface area contributed by atoms with E-state index in [9.17, 15) is 31.1 Å². The zero-order valence-electron chi connectivity index (χ0n) is 22.5. The van der Waals surface area contributed by atoms with Crippen LogP contribution in [0.15, 0.2) is 63.1 Å². The zero-order valence-corrected chi connectivity index (χ0v) is 24.1. The molecular formula is C26H31FN4O6S2. The van der Waals surface area contributed by atoms with Crippen LogP contribution >= 0.6 is 0 Å². The summed E-state index contributed by atoms with van der Waals surface area (Å²) in [6.07, 6.45) is 0. The van der Waals surface area contributed by atoms with Crippen LogP contribution in [0, 0.1) is 11.2 Å². The molecule has 2 aromatic carbocycles. The molecule has 1 amide bonds. The number of hydrogen-bond donors (Lipinski definition) is 1. The molecule has 2 aromatic rings. The number of sulfonamides is 1. The molecule has 0 aromatic heterocycles. The second-order valence-electron chi connectivity index (χ2n) is 10.8. The number of amides is 1.